The molecule has 0 saturated heterocycles. The van der Waals surface area contributed by atoms with E-state index in [4.69, 9.17) is 25.3 Å². The second-order valence-corrected chi connectivity index (χ2v) is 11.6. The molecule has 4 unspecified atom stereocenters. The summed E-state index contributed by atoms with van der Waals surface area (Å²) in [5, 5.41) is 20.6. The van der Waals surface area contributed by atoms with Crippen molar-refractivity contribution in [1.29, 1.82) is 0 Å². The highest BCUT2D eigenvalue weighted by Gasteiger charge is 2.62. The van der Waals surface area contributed by atoms with Crippen LogP contribution < -0.4 is 0 Å². The van der Waals surface area contributed by atoms with Crippen LogP contribution in [-0.2, 0) is 9.59 Å². The summed E-state index contributed by atoms with van der Waals surface area (Å²) >= 11 is 18.8. The van der Waals surface area contributed by atoms with Crippen molar-refractivity contribution in [2.75, 3.05) is 0 Å². The first-order valence-corrected chi connectivity index (χ1v) is 13.3. The van der Waals surface area contributed by atoms with Crippen molar-refractivity contribution >= 4 is 62.5 Å². The summed E-state index contributed by atoms with van der Waals surface area (Å²) in [5.74, 6) is -2.40. The fourth-order valence-corrected chi connectivity index (χ4v) is 6.47. The predicted molar refractivity (Wildman–Crippen MR) is 138 cm³/mol. The van der Waals surface area contributed by atoms with E-state index in [9.17, 15) is 19.8 Å². The van der Waals surface area contributed by atoms with Gasteiger partial charge in [0.15, 0.2) is 5.41 Å². The van der Waals surface area contributed by atoms with Crippen molar-refractivity contribution in [1.82, 2.24) is 0 Å². The highest BCUT2D eigenvalue weighted by molar-refractivity contribution is 7.85. The van der Waals surface area contributed by atoms with Crippen LogP contribution >= 0.6 is 50.5 Å². The Hall–Kier alpha value is 0.340. The fraction of sp³-hybridized carbons (Fsp3) is 0.909. The van der Waals surface area contributed by atoms with Gasteiger partial charge in [-0.05, 0) is 56.8 Å². The number of rotatable bonds is 14. The van der Waals surface area contributed by atoms with Crippen molar-refractivity contribution in [3.8, 4) is 0 Å². The topological polar surface area (TPSA) is 74.6 Å². The summed E-state index contributed by atoms with van der Waals surface area (Å²) in [4.78, 5) is 24.9. The van der Waals surface area contributed by atoms with Gasteiger partial charge in [0.25, 0.3) is 0 Å². The maximum atomic E-state index is 12.4. The number of hydrogen-bond acceptors (Lipinski definition) is 6. The van der Waals surface area contributed by atoms with Gasteiger partial charge in [-0.3, -0.25) is 9.59 Å². The second kappa shape index (κ2) is 13.1. The zero-order chi connectivity index (χ0) is 22.9. The third kappa shape index (κ3) is 6.67. The number of carbonyl (C=O) groups is 2. The average Bonchev–Trinajstić information content (AvgIpc) is 2.70. The molecule has 0 aliphatic heterocycles. The fourth-order valence-electron chi connectivity index (χ4n) is 5.10. The molecule has 0 heterocycles. The van der Waals surface area contributed by atoms with E-state index in [-0.39, 0.29) is 27.4 Å². The van der Waals surface area contributed by atoms with Crippen LogP contribution in [0.3, 0.4) is 0 Å². The molecule has 0 radical (unpaired) electrons. The highest BCUT2D eigenvalue weighted by atomic mass is 32.1. The molecule has 176 valence electrons. The second-order valence-electron chi connectivity index (χ2n) is 8.93. The summed E-state index contributed by atoms with van der Waals surface area (Å²) in [6, 6.07) is 0. The number of aliphatic carboxylic acids is 2. The lowest BCUT2D eigenvalue weighted by Crippen LogP contribution is -2.55. The first-order chi connectivity index (χ1) is 14.1. The zero-order valence-electron chi connectivity index (χ0n) is 18.3. The lowest BCUT2D eigenvalue weighted by Gasteiger charge is -2.50. The van der Waals surface area contributed by atoms with Crippen molar-refractivity contribution in [2.24, 2.45) is 10.8 Å². The number of carboxylic acids is 2. The van der Waals surface area contributed by atoms with Crippen LogP contribution in [0.15, 0.2) is 0 Å². The summed E-state index contributed by atoms with van der Waals surface area (Å²) in [6.45, 7) is 4.20. The maximum absolute atomic E-state index is 12.4. The van der Waals surface area contributed by atoms with Crippen molar-refractivity contribution in [3.05, 3.63) is 0 Å². The average molecular weight is 497 g/mol. The van der Waals surface area contributed by atoms with Gasteiger partial charge in [-0.25, -0.2) is 0 Å². The molecule has 0 bridgehead atoms. The van der Waals surface area contributed by atoms with E-state index in [1.54, 1.807) is 0 Å². The zero-order valence-corrected chi connectivity index (χ0v) is 21.9. The van der Waals surface area contributed by atoms with Gasteiger partial charge < -0.3 is 10.2 Å². The van der Waals surface area contributed by atoms with Crippen molar-refractivity contribution < 1.29 is 19.8 Å². The van der Waals surface area contributed by atoms with Crippen molar-refractivity contribution in [3.63, 3.8) is 0 Å². The normalized spacial score (nSPS) is 25.3. The van der Waals surface area contributed by atoms with E-state index in [0.29, 0.717) is 38.5 Å². The molecule has 0 spiro atoms. The Morgan fingerprint density at radius 2 is 1.10 bits per heavy atom. The first kappa shape index (κ1) is 28.4. The van der Waals surface area contributed by atoms with Crippen LogP contribution in [0.2, 0.25) is 0 Å². The Morgan fingerprint density at radius 1 is 0.733 bits per heavy atom. The van der Waals surface area contributed by atoms with Crippen LogP contribution in [0.1, 0.15) is 90.9 Å². The Kier molecular flexibility index (Phi) is 12.4. The molecule has 30 heavy (non-hydrogen) atoms. The summed E-state index contributed by atoms with van der Waals surface area (Å²) < 4.78 is 0. The Morgan fingerprint density at radius 3 is 1.47 bits per heavy atom. The smallest absolute Gasteiger partial charge is 0.321 e. The lowest BCUT2D eigenvalue weighted by atomic mass is 9.52. The van der Waals surface area contributed by atoms with Gasteiger partial charge in [0.2, 0.25) is 0 Å². The van der Waals surface area contributed by atoms with E-state index in [2.05, 4.69) is 39.1 Å². The molecule has 0 aromatic rings. The Bertz CT molecular complexity index is 521. The van der Waals surface area contributed by atoms with E-state index in [1.165, 1.54) is 0 Å². The molecule has 1 saturated carbocycles. The van der Waals surface area contributed by atoms with E-state index >= 15 is 0 Å². The lowest BCUT2D eigenvalue weighted by molar-refractivity contribution is -0.183. The summed E-state index contributed by atoms with van der Waals surface area (Å²) in [5.41, 5.74) is -2.55. The monoisotopic (exact) mass is 496 g/mol. The maximum Gasteiger partial charge on any atom is 0.321 e. The molecule has 0 amide bonds. The summed E-state index contributed by atoms with van der Waals surface area (Å²) in [6.07, 6.45) is 8.56. The van der Waals surface area contributed by atoms with Crippen LogP contribution in [0, 0.1) is 10.8 Å². The minimum atomic E-state index is -1.75. The van der Waals surface area contributed by atoms with Gasteiger partial charge in [-0.1, -0.05) is 39.5 Å². The minimum Gasteiger partial charge on any atom is -0.480 e. The largest absolute Gasteiger partial charge is 0.480 e. The molecule has 1 aliphatic rings. The van der Waals surface area contributed by atoms with E-state index in [0.717, 1.165) is 32.1 Å². The van der Waals surface area contributed by atoms with Crippen LogP contribution in [0.25, 0.3) is 0 Å². The highest BCUT2D eigenvalue weighted by Crippen LogP contribution is 2.57. The molecule has 4 atom stereocenters. The van der Waals surface area contributed by atoms with Crippen molar-refractivity contribution in [2.45, 2.75) is 112 Å². The van der Waals surface area contributed by atoms with Gasteiger partial charge in [0, 0.05) is 21.0 Å². The number of thiol groups is 4. The van der Waals surface area contributed by atoms with Gasteiger partial charge in [0.1, 0.15) is 0 Å². The van der Waals surface area contributed by atoms with E-state index in [1.807, 2.05) is 0 Å². The molecular formula is C22H40O4S4. The molecule has 1 fully saturated rings. The van der Waals surface area contributed by atoms with Gasteiger partial charge in [0.05, 0.1) is 0 Å². The molecule has 1 aliphatic carbocycles. The molecule has 0 aromatic heterocycles. The third-order valence-corrected chi connectivity index (χ3v) is 9.93. The van der Waals surface area contributed by atoms with Gasteiger partial charge in [-0.2, -0.15) is 50.5 Å². The predicted octanol–water partition coefficient (Wildman–Crippen LogP) is 6.06. The molecule has 2 N–H and O–H groups in total. The SMILES string of the molecule is CCCC(S)C(S)CCC1(CCC(S)C(S)CCC)CCCCC1(C(=O)O)C(=O)O. The van der Waals surface area contributed by atoms with Gasteiger partial charge >= 0.3 is 11.9 Å². The Balaban J connectivity index is 3.19. The molecule has 1 rings (SSSR count). The minimum absolute atomic E-state index is 0.0110. The van der Waals surface area contributed by atoms with Gasteiger partial charge in [-0.15, -0.1) is 0 Å². The molecular weight excluding hydrogens is 457 g/mol. The first-order valence-electron chi connectivity index (χ1n) is 11.3. The standard InChI is InChI=1S/C22H40O4S4/c1-3-7-15(27)17(29)9-13-21(14-10-18(30)16(28)8-4-2)11-5-6-12-22(21,19(23)24)20(25)26/h15-18,27-30H,3-14H2,1-2H3,(H,23,24)(H,25,26). The molecule has 8 heteroatoms. The molecule has 0 aromatic carbocycles. The van der Waals surface area contributed by atoms with E-state index < -0.39 is 22.8 Å². The van der Waals surface area contributed by atoms with Crippen LogP contribution in [0.4, 0.5) is 0 Å². The number of carboxylic acid groups (broad SMARTS) is 2. The van der Waals surface area contributed by atoms with Crippen LogP contribution in [-0.4, -0.2) is 43.2 Å². The quantitative estimate of drug-likeness (QED) is 0.131. The number of hydrogen-bond donors (Lipinski definition) is 6. The Labute approximate surface area is 204 Å². The van der Waals surface area contributed by atoms with Crippen LogP contribution in [0.5, 0.6) is 0 Å². The molecule has 4 nitrogen and oxygen atoms in total. The summed E-state index contributed by atoms with van der Waals surface area (Å²) in [7, 11) is 0. The third-order valence-electron chi connectivity index (χ3n) is 6.99.